The molecule has 0 spiro atoms. The molecule has 2 unspecified atom stereocenters. The lowest BCUT2D eigenvalue weighted by Crippen LogP contribution is -2.40. The summed E-state index contributed by atoms with van der Waals surface area (Å²) >= 11 is 0. The van der Waals surface area contributed by atoms with E-state index >= 15 is 0 Å². The van der Waals surface area contributed by atoms with E-state index in [1.807, 2.05) is 6.92 Å². The summed E-state index contributed by atoms with van der Waals surface area (Å²) in [5.41, 5.74) is 1.76. The van der Waals surface area contributed by atoms with Gasteiger partial charge >= 0.3 is 6.09 Å². The molecule has 120 valence electrons. The number of carboxylic acid groups (broad SMARTS) is 1. The van der Waals surface area contributed by atoms with Crippen molar-refractivity contribution in [3.63, 3.8) is 0 Å². The standard InChI is InChI=1S/C17H23FN2O2/c1-11-9-13(18)5-6-15(11)16-12(7-8-20(16)17(21)22)10-19-14-3-2-4-14/h5-6,9,12,14,16,19H,2-4,7-8,10H2,1H3,(H,21,22). The molecule has 5 heteroatoms. The first-order valence-electron chi connectivity index (χ1n) is 8.05. The summed E-state index contributed by atoms with van der Waals surface area (Å²) in [6.07, 6.45) is 3.68. The summed E-state index contributed by atoms with van der Waals surface area (Å²) in [7, 11) is 0. The van der Waals surface area contributed by atoms with Gasteiger partial charge in [0.2, 0.25) is 0 Å². The van der Waals surface area contributed by atoms with E-state index in [2.05, 4.69) is 5.32 Å². The normalized spacial score (nSPS) is 25.3. The SMILES string of the molecule is Cc1cc(F)ccc1C1C(CNC2CCC2)CCN1C(=O)O. The Morgan fingerprint density at radius 3 is 2.77 bits per heavy atom. The van der Waals surface area contributed by atoms with Gasteiger partial charge in [-0.05, 0) is 55.4 Å². The molecule has 2 N–H and O–H groups in total. The highest BCUT2D eigenvalue weighted by Gasteiger charge is 2.39. The number of hydrogen-bond acceptors (Lipinski definition) is 2. The van der Waals surface area contributed by atoms with Gasteiger partial charge in [0, 0.05) is 19.1 Å². The molecular weight excluding hydrogens is 283 g/mol. The van der Waals surface area contributed by atoms with Crippen molar-refractivity contribution in [2.45, 2.75) is 44.7 Å². The lowest BCUT2D eigenvalue weighted by Gasteiger charge is -2.31. The second-order valence-corrected chi connectivity index (χ2v) is 6.51. The Kier molecular flexibility index (Phi) is 4.34. The molecule has 1 aromatic rings. The molecule has 0 radical (unpaired) electrons. The molecule has 2 atom stereocenters. The number of nitrogens with one attached hydrogen (secondary N) is 1. The predicted molar refractivity (Wildman–Crippen MR) is 82.4 cm³/mol. The van der Waals surface area contributed by atoms with Gasteiger partial charge in [-0.3, -0.25) is 0 Å². The number of nitrogens with zero attached hydrogens (tertiary/aromatic N) is 1. The largest absolute Gasteiger partial charge is 0.465 e. The van der Waals surface area contributed by atoms with E-state index in [-0.39, 0.29) is 17.8 Å². The number of aryl methyl sites for hydroxylation is 1. The summed E-state index contributed by atoms with van der Waals surface area (Å²) in [5.74, 6) is -0.0221. The molecule has 4 nitrogen and oxygen atoms in total. The van der Waals surface area contributed by atoms with Crippen molar-refractivity contribution in [1.82, 2.24) is 10.2 Å². The highest BCUT2D eigenvalue weighted by Crippen LogP contribution is 2.38. The predicted octanol–water partition coefficient (Wildman–Crippen LogP) is 3.32. The summed E-state index contributed by atoms with van der Waals surface area (Å²) in [5, 5.41) is 13.0. The van der Waals surface area contributed by atoms with Gasteiger partial charge in [0.05, 0.1) is 6.04 Å². The van der Waals surface area contributed by atoms with Crippen LogP contribution in [0.25, 0.3) is 0 Å². The van der Waals surface area contributed by atoms with Crippen molar-refractivity contribution in [2.75, 3.05) is 13.1 Å². The zero-order chi connectivity index (χ0) is 15.7. The Morgan fingerprint density at radius 2 is 2.18 bits per heavy atom. The lowest BCUT2D eigenvalue weighted by molar-refractivity contribution is 0.133. The quantitative estimate of drug-likeness (QED) is 0.897. The van der Waals surface area contributed by atoms with Crippen LogP contribution in [0, 0.1) is 18.7 Å². The number of benzene rings is 1. The maximum Gasteiger partial charge on any atom is 0.407 e. The van der Waals surface area contributed by atoms with Gasteiger partial charge in [0.15, 0.2) is 0 Å². The third kappa shape index (κ3) is 2.95. The molecule has 0 bridgehead atoms. The third-order valence-corrected chi connectivity index (χ3v) is 5.09. The van der Waals surface area contributed by atoms with Gasteiger partial charge in [-0.15, -0.1) is 0 Å². The second kappa shape index (κ2) is 6.24. The van der Waals surface area contributed by atoms with Crippen LogP contribution in [0.15, 0.2) is 18.2 Å². The first-order valence-corrected chi connectivity index (χ1v) is 8.05. The Bertz CT molecular complexity index is 560. The average Bonchev–Trinajstić information content (AvgIpc) is 2.81. The Labute approximate surface area is 130 Å². The van der Waals surface area contributed by atoms with Gasteiger partial charge in [0.25, 0.3) is 0 Å². The minimum Gasteiger partial charge on any atom is -0.465 e. The smallest absolute Gasteiger partial charge is 0.407 e. The van der Waals surface area contributed by atoms with Gasteiger partial charge in [0.1, 0.15) is 5.82 Å². The molecule has 1 heterocycles. The van der Waals surface area contributed by atoms with E-state index in [0.717, 1.165) is 24.1 Å². The number of halogens is 1. The number of amides is 1. The minimum absolute atomic E-state index is 0.175. The molecule has 2 fully saturated rings. The fraction of sp³-hybridized carbons (Fsp3) is 0.588. The fourth-order valence-electron chi connectivity index (χ4n) is 3.61. The maximum absolute atomic E-state index is 13.4. The minimum atomic E-state index is -0.889. The molecule has 1 aromatic carbocycles. The van der Waals surface area contributed by atoms with Crippen LogP contribution in [0.5, 0.6) is 0 Å². The monoisotopic (exact) mass is 306 g/mol. The molecule has 22 heavy (non-hydrogen) atoms. The zero-order valence-corrected chi connectivity index (χ0v) is 12.9. The number of hydrogen-bond donors (Lipinski definition) is 2. The van der Waals surface area contributed by atoms with Crippen molar-refractivity contribution >= 4 is 6.09 Å². The molecule has 3 rings (SSSR count). The van der Waals surface area contributed by atoms with Crippen molar-refractivity contribution in [2.24, 2.45) is 5.92 Å². The van der Waals surface area contributed by atoms with E-state index < -0.39 is 6.09 Å². The second-order valence-electron chi connectivity index (χ2n) is 6.51. The highest BCUT2D eigenvalue weighted by atomic mass is 19.1. The maximum atomic E-state index is 13.4. The van der Waals surface area contributed by atoms with E-state index in [1.54, 1.807) is 6.07 Å². The van der Waals surface area contributed by atoms with E-state index in [0.29, 0.717) is 12.6 Å². The van der Waals surface area contributed by atoms with Crippen LogP contribution < -0.4 is 5.32 Å². The van der Waals surface area contributed by atoms with Gasteiger partial charge < -0.3 is 15.3 Å². The summed E-state index contributed by atoms with van der Waals surface area (Å²) < 4.78 is 13.4. The Balaban J connectivity index is 1.81. The molecule has 1 saturated heterocycles. The lowest BCUT2D eigenvalue weighted by atomic mass is 9.88. The van der Waals surface area contributed by atoms with Crippen molar-refractivity contribution < 1.29 is 14.3 Å². The van der Waals surface area contributed by atoms with Crippen LogP contribution in [0.4, 0.5) is 9.18 Å². The molecular formula is C17H23FN2O2. The Hall–Kier alpha value is -1.62. The van der Waals surface area contributed by atoms with Crippen LogP contribution in [0.2, 0.25) is 0 Å². The van der Waals surface area contributed by atoms with Crippen LogP contribution >= 0.6 is 0 Å². The number of carbonyl (C=O) groups is 1. The molecule has 1 aliphatic heterocycles. The van der Waals surface area contributed by atoms with Gasteiger partial charge in [-0.2, -0.15) is 0 Å². The van der Waals surface area contributed by atoms with Crippen molar-refractivity contribution in [3.05, 3.63) is 35.1 Å². The molecule has 0 aromatic heterocycles. The topological polar surface area (TPSA) is 52.6 Å². The summed E-state index contributed by atoms with van der Waals surface area (Å²) in [6.45, 7) is 3.23. The number of rotatable bonds is 4. The van der Waals surface area contributed by atoms with E-state index in [9.17, 15) is 14.3 Å². The van der Waals surface area contributed by atoms with Crippen LogP contribution in [0.3, 0.4) is 0 Å². The van der Waals surface area contributed by atoms with Gasteiger partial charge in [-0.25, -0.2) is 9.18 Å². The fourth-order valence-corrected chi connectivity index (χ4v) is 3.61. The van der Waals surface area contributed by atoms with E-state index in [4.69, 9.17) is 0 Å². The van der Waals surface area contributed by atoms with Crippen LogP contribution in [-0.2, 0) is 0 Å². The Morgan fingerprint density at radius 1 is 1.41 bits per heavy atom. The summed E-state index contributed by atoms with van der Waals surface area (Å²) in [4.78, 5) is 13.1. The molecule has 2 aliphatic rings. The molecule has 1 amide bonds. The van der Waals surface area contributed by atoms with Crippen LogP contribution in [0.1, 0.15) is 42.9 Å². The summed E-state index contributed by atoms with van der Waals surface area (Å²) in [6, 6.07) is 5.08. The van der Waals surface area contributed by atoms with E-state index in [1.165, 1.54) is 36.3 Å². The zero-order valence-electron chi connectivity index (χ0n) is 12.9. The third-order valence-electron chi connectivity index (χ3n) is 5.09. The highest BCUT2D eigenvalue weighted by molar-refractivity contribution is 5.66. The molecule has 1 aliphatic carbocycles. The molecule has 1 saturated carbocycles. The van der Waals surface area contributed by atoms with Crippen molar-refractivity contribution in [1.29, 1.82) is 0 Å². The van der Waals surface area contributed by atoms with Crippen LogP contribution in [-0.4, -0.2) is 35.2 Å². The number of likely N-dealkylation sites (tertiary alicyclic amines) is 1. The van der Waals surface area contributed by atoms with Gasteiger partial charge in [-0.1, -0.05) is 12.5 Å². The first-order chi connectivity index (χ1) is 10.6. The first kappa shape index (κ1) is 15.3. The van der Waals surface area contributed by atoms with Crippen molar-refractivity contribution in [3.8, 4) is 0 Å². The average molecular weight is 306 g/mol.